The maximum Gasteiger partial charge on any atom is 0.324 e. The first kappa shape index (κ1) is 19.7. The van der Waals surface area contributed by atoms with Gasteiger partial charge in [-0.1, -0.05) is 6.92 Å². The van der Waals surface area contributed by atoms with Crippen LogP contribution in [0, 0.1) is 5.92 Å². The third-order valence-corrected chi connectivity index (χ3v) is 6.62. The van der Waals surface area contributed by atoms with Crippen molar-refractivity contribution in [2.24, 2.45) is 5.92 Å². The quantitative estimate of drug-likeness (QED) is 0.341. The molecule has 0 radical (unpaired) electrons. The number of imide groups is 1. The highest BCUT2D eigenvalue weighted by molar-refractivity contribution is 7.92. The van der Waals surface area contributed by atoms with E-state index in [2.05, 4.69) is 0 Å². The molecule has 142 valence electrons. The summed E-state index contributed by atoms with van der Waals surface area (Å²) in [7, 11) is -1.56. The molecule has 3 N–H and O–H groups in total. The van der Waals surface area contributed by atoms with Crippen LogP contribution in [0.15, 0.2) is 29.2 Å². The van der Waals surface area contributed by atoms with Crippen molar-refractivity contribution in [2.75, 3.05) is 14.2 Å². The number of nitrogens with zero attached hydrogens (tertiary/aromatic N) is 1. The third-order valence-electron chi connectivity index (χ3n) is 4.31. The van der Waals surface area contributed by atoms with Crippen molar-refractivity contribution in [1.29, 1.82) is 0 Å². The number of hydrogen-bond donors (Lipinski definition) is 3. The molecule has 1 heterocycles. The number of methoxy groups -OCH3 is 1. The lowest BCUT2D eigenvalue weighted by Gasteiger charge is -2.29. The number of benzene rings is 1. The normalized spacial score (nSPS) is 19.7. The number of hydrogen-bond acceptors (Lipinski definition) is 7. The van der Waals surface area contributed by atoms with E-state index < -0.39 is 44.9 Å². The number of hydroxylamine groups is 1. The Kier molecular flexibility index (Phi) is 5.52. The molecule has 0 spiro atoms. The van der Waals surface area contributed by atoms with Crippen molar-refractivity contribution in [2.45, 2.75) is 23.1 Å². The summed E-state index contributed by atoms with van der Waals surface area (Å²) in [4.78, 5) is 36.6. The lowest BCUT2D eigenvalue weighted by Crippen LogP contribution is -2.52. The Labute approximate surface area is 150 Å². The highest BCUT2D eigenvalue weighted by Crippen LogP contribution is 2.30. The van der Waals surface area contributed by atoms with E-state index in [1.807, 2.05) is 5.32 Å². The zero-order chi connectivity index (χ0) is 19.6. The van der Waals surface area contributed by atoms with Gasteiger partial charge >= 0.3 is 6.03 Å². The highest BCUT2D eigenvalue weighted by atomic mass is 32.2. The van der Waals surface area contributed by atoms with Crippen molar-refractivity contribution >= 4 is 27.7 Å². The van der Waals surface area contributed by atoms with E-state index in [1.54, 1.807) is 0 Å². The van der Waals surface area contributed by atoms with Gasteiger partial charge in [-0.25, -0.2) is 18.7 Å². The first-order valence-electron chi connectivity index (χ1n) is 7.54. The Hall–Kier alpha value is -2.66. The summed E-state index contributed by atoms with van der Waals surface area (Å²) < 4.78 is 31.3. The molecular weight excluding hydrogens is 366 g/mol. The largest absolute Gasteiger partial charge is 0.497 e. The van der Waals surface area contributed by atoms with E-state index in [0.29, 0.717) is 5.75 Å². The molecule has 1 aromatic carbocycles. The van der Waals surface area contributed by atoms with Crippen LogP contribution in [0.1, 0.15) is 6.92 Å². The maximum atomic E-state index is 13.2. The number of urea groups is 1. The van der Waals surface area contributed by atoms with Crippen LogP contribution in [0.3, 0.4) is 0 Å². The average Bonchev–Trinajstić information content (AvgIpc) is 2.87. The first-order valence-corrected chi connectivity index (χ1v) is 9.09. The van der Waals surface area contributed by atoms with E-state index >= 15 is 0 Å². The number of amides is 4. The molecule has 0 bridgehead atoms. The molecule has 1 fully saturated rings. The lowest BCUT2D eigenvalue weighted by molar-refractivity contribution is -0.133. The van der Waals surface area contributed by atoms with Gasteiger partial charge in [0.15, 0.2) is 9.84 Å². The molecule has 2 rings (SSSR count). The SMILES string of the molecule is COc1ccc(S(=O)(=O)C(C(C)C(=O)NO)C2C(=O)NC(=O)N2C)cc1. The fraction of sp³-hybridized carbons (Fsp3) is 0.400. The van der Waals surface area contributed by atoms with Crippen LogP contribution in [0.2, 0.25) is 0 Å². The topological polar surface area (TPSA) is 142 Å². The summed E-state index contributed by atoms with van der Waals surface area (Å²) in [5, 5.41) is 9.30. The summed E-state index contributed by atoms with van der Waals surface area (Å²) in [6, 6.07) is 3.20. The number of sulfone groups is 1. The van der Waals surface area contributed by atoms with Gasteiger partial charge in [0.05, 0.1) is 17.9 Å². The molecule has 0 aromatic heterocycles. The summed E-state index contributed by atoms with van der Waals surface area (Å²) >= 11 is 0. The van der Waals surface area contributed by atoms with Crippen LogP contribution in [0.4, 0.5) is 4.79 Å². The number of rotatable bonds is 6. The number of ether oxygens (including phenoxy) is 1. The van der Waals surface area contributed by atoms with E-state index in [4.69, 9.17) is 9.94 Å². The molecule has 11 heteroatoms. The fourth-order valence-corrected chi connectivity index (χ4v) is 4.96. The second-order valence-electron chi connectivity index (χ2n) is 5.80. The molecule has 3 atom stereocenters. The van der Waals surface area contributed by atoms with Gasteiger partial charge in [-0.05, 0) is 24.3 Å². The van der Waals surface area contributed by atoms with Gasteiger partial charge < -0.3 is 9.64 Å². The van der Waals surface area contributed by atoms with Gasteiger partial charge in [-0.2, -0.15) is 0 Å². The van der Waals surface area contributed by atoms with Gasteiger partial charge in [-0.3, -0.25) is 20.1 Å². The standard InChI is InChI=1S/C15H19N3O7S/c1-8(13(19)17-22)12(11-14(20)16-15(21)18(11)2)26(23,24)10-6-4-9(25-3)5-7-10/h4-8,11-12,22H,1-3H3,(H,17,19)(H,16,20,21). The van der Waals surface area contributed by atoms with Gasteiger partial charge in [0.1, 0.15) is 17.0 Å². The Morgan fingerprint density at radius 3 is 2.31 bits per heavy atom. The number of likely N-dealkylation sites (N-methyl/N-ethyl adjacent to an activating group) is 1. The van der Waals surface area contributed by atoms with Crippen molar-refractivity contribution < 1.29 is 32.7 Å². The van der Waals surface area contributed by atoms with Crippen LogP contribution in [0.5, 0.6) is 5.75 Å². The predicted molar refractivity (Wildman–Crippen MR) is 88.2 cm³/mol. The smallest absolute Gasteiger partial charge is 0.324 e. The van der Waals surface area contributed by atoms with Crippen molar-refractivity contribution in [3.05, 3.63) is 24.3 Å². The minimum absolute atomic E-state index is 0.151. The minimum Gasteiger partial charge on any atom is -0.497 e. The number of carbonyl (C=O) groups excluding carboxylic acids is 3. The third kappa shape index (κ3) is 3.35. The van der Waals surface area contributed by atoms with Crippen LogP contribution in [-0.4, -0.2) is 61.8 Å². The average molecular weight is 385 g/mol. The lowest BCUT2D eigenvalue weighted by atomic mass is 9.99. The van der Waals surface area contributed by atoms with Crippen molar-refractivity contribution in [3.63, 3.8) is 0 Å². The molecule has 10 nitrogen and oxygen atoms in total. The van der Waals surface area contributed by atoms with Crippen molar-refractivity contribution in [3.8, 4) is 5.75 Å². The molecular formula is C15H19N3O7S. The second kappa shape index (κ2) is 7.30. The van der Waals surface area contributed by atoms with Gasteiger partial charge in [0, 0.05) is 7.05 Å². The van der Waals surface area contributed by atoms with E-state index in [9.17, 15) is 22.8 Å². The van der Waals surface area contributed by atoms with E-state index in [-0.39, 0.29) is 4.90 Å². The molecule has 1 saturated heterocycles. The summed E-state index contributed by atoms with van der Waals surface area (Å²) in [5.74, 6) is -2.73. The van der Waals surface area contributed by atoms with Crippen LogP contribution < -0.4 is 15.5 Å². The Balaban J connectivity index is 2.56. The van der Waals surface area contributed by atoms with Crippen LogP contribution in [0.25, 0.3) is 0 Å². The highest BCUT2D eigenvalue weighted by Gasteiger charge is 2.51. The number of carbonyl (C=O) groups is 3. The summed E-state index contributed by atoms with van der Waals surface area (Å²) in [6.07, 6.45) is 0. The predicted octanol–water partition coefficient (Wildman–Crippen LogP) is -0.471. The monoisotopic (exact) mass is 385 g/mol. The zero-order valence-corrected chi connectivity index (χ0v) is 15.1. The molecule has 1 aliphatic heterocycles. The van der Waals surface area contributed by atoms with Crippen molar-refractivity contribution in [1.82, 2.24) is 15.7 Å². The molecule has 1 aromatic rings. The molecule has 0 saturated carbocycles. The molecule has 1 aliphatic rings. The molecule has 3 unspecified atom stereocenters. The first-order chi connectivity index (χ1) is 12.1. The number of nitrogens with one attached hydrogen (secondary N) is 2. The van der Waals surface area contributed by atoms with Gasteiger partial charge in [0.2, 0.25) is 5.91 Å². The summed E-state index contributed by atoms with van der Waals surface area (Å²) in [5.41, 5.74) is 1.39. The molecule has 0 aliphatic carbocycles. The minimum atomic E-state index is -4.24. The molecule has 26 heavy (non-hydrogen) atoms. The summed E-state index contributed by atoms with van der Waals surface area (Å²) in [6.45, 7) is 1.25. The Morgan fingerprint density at radius 2 is 1.88 bits per heavy atom. The fourth-order valence-electron chi connectivity index (χ4n) is 2.82. The van der Waals surface area contributed by atoms with Gasteiger partial charge in [-0.15, -0.1) is 0 Å². The van der Waals surface area contributed by atoms with E-state index in [1.165, 1.54) is 50.8 Å². The van der Waals surface area contributed by atoms with Crippen LogP contribution in [-0.2, 0) is 19.4 Å². The Morgan fingerprint density at radius 1 is 1.31 bits per heavy atom. The maximum absolute atomic E-state index is 13.2. The van der Waals surface area contributed by atoms with Crippen LogP contribution >= 0.6 is 0 Å². The van der Waals surface area contributed by atoms with E-state index in [0.717, 1.165) is 4.90 Å². The molecule has 4 amide bonds. The Bertz CT molecular complexity index is 822. The van der Waals surface area contributed by atoms with Gasteiger partial charge in [0.25, 0.3) is 5.91 Å². The zero-order valence-electron chi connectivity index (χ0n) is 14.3. The second-order valence-corrected chi connectivity index (χ2v) is 7.91.